The van der Waals surface area contributed by atoms with E-state index in [1.165, 1.54) is 19.3 Å². The fourth-order valence-corrected chi connectivity index (χ4v) is 3.29. The molecule has 5 heteroatoms. The molecule has 2 rings (SSSR count). The molecular weight excluding hydrogens is 302 g/mol. The van der Waals surface area contributed by atoms with Gasteiger partial charge in [0.2, 0.25) is 5.91 Å². The number of methoxy groups -OCH3 is 1. The zero-order valence-corrected chi connectivity index (χ0v) is 15.0. The lowest BCUT2D eigenvalue weighted by Crippen LogP contribution is -2.42. The number of rotatable bonds is 9. The highest BCUT2D eigenvalue weighted by Crippen LogP contribution is 2.20. The number of likely N-dealkylation sites (tertiary alicyclic amines) is 1. The van der Waals surface area contributed by atoms with Gasteiger partial charge in [-0.25, -0.2) is 0 Å². The fourth-order valence-electron chi connectivity index (χ4n) is 3.29. The summed E-state index contributed by atoms with van der Waals surface area (Å²) in [5.74, 6) is 1.82. The van der Waals surface area contributed by atoms with Crippen LogP contribution in [0.4, 0.5) is 0 Å². The minimum atomic E-state index is 0.124. The molecule has 0 aromatic heterocycles. The van der Waals surface area contributed by atoms with Crippen LogP contribution >= 0.6 is 0 Å². The highest BCUT2D eigenvalue weighted by molar-refractivity contribution is 5.78. The molecule has 1 aliphatic rings. The van der Waals surface area contributed by atoms with Crippen LogP contribution in [0.3, 0.4) is 0 Å². The molecule has 134 valence electrons. The van der Waals surface area contributed by atoms with Crippen molar-refractivity contribution in [2.45, 2.75) is 25.7 Å². The zero-order valence-electron chi connectivity index (χ0n) is 15.0. The maximum Gasteiger partial charge on any atom is 0.234 e. The monoisotopic (exact) mass is 333 g/mol. The Balaban J connectivity index is 1.63. The van der Waals surface area contributed by atoms with E-state index in [-0.39, 0.29) is 5.91 Å². The molecule has 0 bridgehead atoms. The summed E-state index contributed by atoms with van der Waals surface area (Å²) in [6.07, 6.45) is 4.45. The van der Waals surface area contributed by atoms with E-state index in [2.05, 4.69) is 15.5 Å². The maximum atomic E-state index is 12.1. The number of hydrogen-bond donors (Lipinski definition) is 2. The van der Waals surface area contributed by atoms with Crippen molar-refractivity contribution in [3.05, 3.63) is 29.8 Å². The van der Waals surface area contributed by atoms with Crippen molar-refractivity contribution in [2.24, 2.45) is 5.92 Å². The van der Waals surface area contributed by atoms with Crippen LogP contribution in [0, 0.1) is 5.92 Å². The summed E-state index contributed by atoms with van der Waals surface area (Å²) < 4.78 is 5.34. The van der Waals surface area contributed by atoms with Gasteiger partial charge < -0.3 is 15.4 Å². The van der Waals surface area contributed by atoms with Gasteiger partial charge in [-0.15, -0.1) is 0 Å². The first-order valence-electron chi connectivity index (χ1n) is 8.98. The van der Waals surface area contributed by atoms with Gasteiger partial charge in [-0.2, -0.15) is 0 Å². The Hall–Kier alpha value is -1.59. The van der Waals surface area contributed by atoms with Gasteiger partial charge in [0.25, 0.3) is 0 Å². The van der Waals surface area contributed by atoms with Gasteiger partial charge in [0.15, 0.2) is 0 Å². The fraction of sp³-hybridized carbons (Fsp3) is 0.632. The molecule has 0 aliphatic carbocycles. The van der Waals surface area contributed by atoms with Crippen molar-refractivity contribution in [1.29, 1.82) is 0 Å². The Morgan fingerprint density at radius 1 is 1.25 bits per heavy atom. The normalized spacial score (nSPS) is 16.1. The molecular formula is C19H31N3O2. The molecule has 0 spiro atoms. The van der Waals surface area contributed by atoms with E-state index >= 15 is 0 Å². The molecule has 1 saturated heterocycles. The molecule has 1 aromatic rings. The molecule has 1 heterocycles. The third-order valence-corrected chi connectivity index (χ3v) is 4.79. The van der Waals surface area contributed by atoms with Crippen molar-refractivity contribution >= 4 is 5.91 Å². The highest BCUT2D eigenvalue weighted by atomic mass is 16.5. The molecule has 1 aliphatic heterocycles. The average molecular weight is 333 g/mol. The van der Waals surface area contributed by atoms with Gasteiger partial charge in [0.1, 0.15) is 5.75 Å². The number of para-hydroxylation sites is 1. The number of carbonyl (C=O) groups is 1. The first-order valence-corrected chi connectivity index (χ1v) is 8.98. The van der Waals surface area contributed by atoms with Gasteiger partial charge >= 0.3 is 0 Å². The predicted molar refractivity (Wildman–Crippen MR) is 97.4 cm³/mol. The van der Waals surface area contributed by atoms with E-state index in [1.807, 2.05) is 31.3 Å². The summed E-state index contributed by atoms with van der Waals surface area (Å²) >= 11 is 0. The first-order chi connectivity index (χ1) is 11.7. The Bertz CT molecular complexity index is 499. The molecule has 0 saturated carbocycles. The van der Waals surface area contributed by atoms with E-state index in [1.54, 1.807) is 7.11 Å². The Morgan fingerprint density at radius 2 is 2.00 bits per heavy atom. The molecule has 1 aromatic carbocycles. The molecule has 1 amide bonds. The number of hydrogen-bond acceptors (Lipinski definition) is 4. The Labute approximate surface area is 145 Å². The van der Waals surface area contributed by atoms with Crippen LogP contribution in [0.2, 0.25) is 0 Å². The number of carbonyl (C=O) groups excluding carboxylic acids is 1. The molecule has 5 nitrogen and oxygen atoms in total. The summed E-state index contributed by atoms with van der Waals surface area (Å²) in [4.78, 5) is 14.4. The lowest BCUT2D eigenvalue weighted by atomic mass is 9.93. The lowest BCUT2D eigenvalue weighted by Gasteiger charge is -2.31. The van der Waals surface area contributed by atoms with Crippen LogP contribution in [-0.4, -0.2) is 57.7 Å². The first kappa shape index (κ1) is 18.7. The van der Waals surface area contributed by atoms with Crippen molar-refractivity contribution in [3.8, 4) is 5.75 Å². The second kappa shape index (κ2) is 10.3. The zero-order chi connectivity index (χ0) is 17.2. The van der Waals surface area contributed by atoms with Crippen molar-refractivity contribution in [2.75, 3.05) is 46.9 Å². The Morgan fingerprint density at radius 3 is 2.71 bits per heavy atom. The quantitative estimate of drug-likeness (QED) is 0.722. The van der Waals surface area contributed by atoms with E-state index in [4.69, 9.17) is 4.74 Å². The highest BCUT2D eigenvalue weighted by Gasteiger charge is 2.20. The van der Waals surface area contributed by atoms with Crippen LogP contribution < -0.4 is 15.4 Å². The topological polar surface area (TPSA) is 53.6 Å². The minimum absolute atomic E-state index is 0.124. The largest absolute Gasteiger partial charge is 0.496 e. The summed E-state index contributed by atoms with van der Waals surface area (Å²) in [6, 6.07) is 7.95. The van der Waals surface area contributed by atoms with E-state index in [9.17, 15) is 4.79 Å². The summed E-state index contributed by atoms with van der Waals surface area (Å²) in [7, 11) is 3.68. The Kier molecular flexibility index (Phi) is 8.05. The third-order valence-electron chi connectivity index (χ3n) is 4.79. The molecule has 24 heavy (non-hydrogen) atoms. The number of amides is 1. The lowest BCUT2D eigenvalue weighted by molar-refractivity contribution is -0.122. The van der Waals surface area contributed by atoms with Crippen molar-refractivity contribution in [3.63, 3.8) is 0 Å². The third kappa shape index (κ3) is 6.13. The van der Waals surface area contributed by atoms with Gasteiger partial charge in [-0.05, 0) is 69.9 Å². The number of piperidine rings is 1. The second-order valence-corrected chi connectivity index (χ2v) is 6.52. The number of benzene rings is 1. The van der Waals surface area contributed by atoms with Crippen molar-refractivity contribution in [1.82, 2.24) is 15.5 Å². The van der Waals surface area contributed by atoms with Crippen LogP contribution in [0.1, 0.15) is 24.8 Å². The van der Waals surface area contributed by atoms with Crippen LogP contribution in [0.15, 0.2) is 24.3 Å². The minimum Gasteiger partial charge on any atom is -0.496 e. The molecule has 2 N–H and O–H groups in total. The van der Waals surface area contributed by atoms with Gasteiger partial charge in [-0.1, -0.05) is 18.2 Å². The summed E-state index contributed by atoms with van der Waals surface area (Å²) in [5, 5.41) is 6.25. The average Bonchev–Trinajstić information content (AvgIpc) is 2.61. The number of ether oxygens (including phenoxy) is 1. The number of nitrogens with zero attached hydrogens (tertiary/aromatic N) is 1. The van der Waals surface area contributed by atoms with Crippen LogP contribution in [0.5, 0.6) is 5.75 Å². The summed E-state index contributed by atoms with van der Waals surface area (Å²) in [6.45, 7) is 4.33. The van der Waals surface area contributed by atoms with Crippen molar-refractivity contribution < 1.29 is 9.53 Å². The molecule has 0 atom stereocenters. The molecule has 0 radical (unpaired) electrons. The summed E-state index contributed by atoms with van der Waals surface area (Å²) in [5.41, 5.74) is 1.13. The predicted octanol–water partition coefficient (Wildman–Crippen LogP) is 1.68. The van der Waals surface area contributed by atoms with E-state index in [0.717, 1.165) is 43.3 Å². The smallest absolute Gasteiger partial charge is 0.234 e. The molecule has 1 fully saturated rings. The van der Waals surface area contributed by atoms with Gasteiger partial charge in [-0.3, -0.25) is 9.69 Å². The van der Waals surface area contributed by atoms with Gasteiger partial charge in [0, 0.05) is 6.54 Å². The number of nitrogens with one attached hydrogen (secondary N) is 2. The van der Waals surface area contributed by atoms with Crippen LogP contribution in [0.25, 0.3) is 0 Å². The molecule has 0 unspecified atom stereocenters. The van der Waals surface area contributed by atoms with Gasteiger partial charge in [0.05, 0.1) is 13.7 Å². The van der Waals surface area contributed by atoms with E-state index < -0.39 is 0 Å². The van der Waals surface area contributed by atoms with Crippen LogP contribution in [-0.2, 0) is 11.2 Å². The van der Waals surface area contributed by atoms with E-state index in [0.29, 0.717) is 13.1 Å². The SMILES string of the molecule is CNCCC1CCN(CC(=O)NCCc2ccccc2OC)CC1. The second-order valence-electron chi connectivity index (χ2n) is 6.52. The maximum absolute atomic E-state index is 12.1. The standard InChI is InChI=1S/C19H31N3O2/c1-20-11-7-16-9-13-22(14-10-16)15-19(23)21-12-8-17-5-3-4-6-18(17)24-2/h3-6,16,20H,7-15H2,1-2H3,(H,21,23).